The van der Waals surface area contributed by atoms with Crippen molar-refractivity contribution in [1.82, 2.24) is 10.0 Å². The Morgan fingerprint density at radius 3 is 2.82 bits per heavy atom. The van der Waals surface area contributed by atoms with Gasteiger partial charge in [-0.2, -0.15) is 0 Å². The molecule has 0 amide bonds. The van der Waals surface area contributed by atoms with Gasteiger partial charge in [-0.1, -0.05) is 23.7 Å². The van der Waals surface area contributed by atoms with Crippen molar-refractivity contribution < 1.29 is 8.42 Å². The van der Waals surface area contributed by atoms with E-state index in [9.17, 15) is 8.42 Å². The summed E-state index contributed by atoms with van der Waals surface area (Å²) in [6.45, 7) is 2.28. The highest BCUT2D eigenvalue weighted by Crippen LogP contribution is 2.20. The summed E-state index contributed by atoms with van der Waals surface area (Å²) in [5.74, 6) is 0.368. The number of hydrogen-bond donors (Lipinski definition) is 2. The number of hydrogen-bond acceptors (Lipinski definition) is 3. The van der Waals surface area contributed by atoms with E-state index in [1.165, 1.54) is 6.07 Å². The van der Waals surface area contributed by atoms with E-state index in [-0.39, 0.29) is 9.92 Å². The lowest BCUT2D eigenvalue weighted by atomic mass is 10.1. The molecule has 1 aliphatic heterocycles. The SMILES string of the molecule is O=S(=O)(NCC1CCNC1)c1ccccc1Cl. The van der Waals surface area contributed by atoms with Crippen LogP contribution < -0.4 is 10.0 Å². The lowest BCUT2D eigenvalue weighted by molar-refractivity contribution is 0.539. The van der Waals surface area contributed by atoms with E-state index >= 15 is 0 Å². The van der Waals surface area contributed by atoms with Gasteiger partial charge < -0.3 is 5.32 Å². The van der Waals surface area contributed by atoms with Crippen LogP contribution in [0.25, 0.3) is 0 Å². The molecule has 0 aliphatic carbocycles. The second kappa shape index (κ2) is 5.35. The molecule has 0 radical (unpaired) electrons. The standard InChI is InChI=1S/C11H15ClN2O2S/c12-10-3-1-2-4-11(10)17(15,16)14-8-9-5-6-13-7-9/h1-4,9,13-14H,5-8H2. The third-order valence-electron chi connectivity index (χ3n) is 2.85. The molecule has 1 fully saturated rings. The van der Waals surface area contributed by atoms with Crippen LogP contribution in [0.1, 0.15) is 6.42 Å². The third kappa shape index (κ3) is 3.19. The molecule has 1 aromatic rings. The average Bonchev–Trinajstić information content (AvgIpc) is 2.80. The molecule has 0 spiro atoms. The number of rotatable bonds is 4. The fourth-order valence-corrected chi connectivity index (χ4v) is 3.49. The van der Waals surface area contributed by atoms with Gasteiger partial charge in [0.1, 0.15) is 4.90 Å². The molecule has 94 valence electrons. The fraction of sp³-hybridized carbons (Fsp3) is 0.455. The fourth-order valence-electron chi connectivity index (χ4n) is 1.86. The Hall–Kier alpha value is -0.620. The summed E-state index contributed by atoms with van der Waals surface area (Å²) in [7, 11) is -3.49. The maximum Gasteiger partial charge on any atom is 0.242 e. The first-order valence-corrected chi connectivity index (χ1v) is 7.40. The van der Waals surface area contributed by atoms with Crippen molar-refractivity contribution in [3.63, 3.8) is 0 Å². The quantitative estimate of drug-likeness (QED) is 0.868. The molecular weight excluding hydrogens is 260 g/mol. The second-order valence-electron chi connectivity index (χ2n) is 4.14. The third-order valence-corrected chi connectivity index (χ3v) is 4.77. The van der Waals surface area contributed by atoms with E-state index in [0.717, 1.165) is 19.5 Å². The van der Waals surface area contributed by atoms with Crippen LogP contribution in [0.4, 0.5) is 0 Å². The molecule has 1 aliphatic rings. The zero-order valence-electron chi connectivity index (χ0n) is 9.32. The van der Waals surface area contributed by atoms with Gasteiger partial charge in [0.2, 0.25) is 10.0 Å². The first-order chi connectivity index (χ1) is 8.09. The highest BCUT2D eigenvalue weighted by Gasteiger charge is 2.20. The zero-order valence-corrected chi connectivity index (χ0v) is 10.9. The van der Waals surface area contributed by atoms with E-state index in [1.54, 1.807) is 18.2 Å². The van der Waals surface area contributed by atoms with Crippen molar-refractivity contribution in [3.8, 4) is 0 Å². The summed E-state index contributed by atoms with van der Waals surface area (Å²) in [5, 5.41) is 3.45. The molecule has 1 unspecified atom stereocenters. The largest absolute Gasteiger partial charge is 0.316 e. The van der Waals surface area contributed by atoms with Gasteiger partial charge in [0.25, 0.3) is 0 Å². The van der Waals surface area contributed by atoms with Gasteiger partial charge in [-0.25, -0.2) is 13.1 Å². The Kier molecular flexibility index (Phi) is 4.04. The van der Waals surface area contributed by atoms with Gasteiger partial charge in [0.15, 0.2) is 0 Å². The molecule has 1 saturated heterocycles. The summed E-state index contributed by atoms with van der Waals surface area (Å²) in [6.07, 6.45) is 1.01. The van der Waals surface area contributed by atoms with Crippen LogP contribution in [0.15, 0.2) is 29.2 Å². The number of benzene rings is 1. The Balaban J connectivity index is 2.06. The molecule has 4 nitrogen and oxygen atoms in total. The minimum Gasteiger partial charge on any atom is -0.316 e. The van der Waals surface area contributed by atoms with Crippen LogP contribution >= 0.6 is 11.6 Å². The van der Waals surface area contributed by atoms with Crippen molar-refractivity contribution in [2.75, 3.05) is 19.6 Å². The van der Waals surface area contributed by atoms with Gasteiger partial charge >= 0.3 is 0 Å². The summed E-state index contributed by atoms with van der Waals surface area (Å²) >= 11 is 5.87. The highest BCUT2D eigenvalue weighted by atomic mass is 35.5. The van der Waals surface area contributed by atoms with E-state index in [0.29, 0.717) is 12.5 Å². The number of sulfonamides is 1. The van der Waals surface area contributed by atoms with E-state index in [4.69, 9.17) is 11.6 Å². The molecule has 2 N–H and O–H groups in total. The van der Waals surface area contributed by atoms with E-state index < -0.39 is 10.0 Å². The van der Waals surface area contributed by atoms with Crippen molar-refractivity contribution in [1.29, 1.82) is 0 Å². The summed E-state index contributed by atoms with van der Waals surface area (Å²) in [6, 6.07) is 6.46. The van der Waals surface area contributed by atoms with Crippen molar-refractivity contribution >= 4 is 21.6 Å². The minimum absolute atomic E-state index is 0.146. The molecule has 0 aromatic heterocycles. The van der Waals surface area contributed by atoms with Crippen molar-refractivity contribution in [3.05, 3.63) is 29.3 Å². The maximum absolute atomic E-state index is 12.0. The van der Waals surface area contributed by atoms with E-state index in [1.807, 2.05) is 0 Å². The number of halogens is 1. The molecule has 1 heterocycles. The molecule has 1 atom stereocenters. The summed E-state index contributed by atoms with van der Waals surface area (Å²) < 4.78 is 26.6. The van der Waals surface area contributed by atoms with Crippen LogP contribution in [0.2, 0.25) is 5.02 Å². The molecule has 0 saturated carbocycles. The van der Waals surface area contributed by atoms with Gasteiger partial charge in [-0.3, -0.25) is 0 Å². The normalized spacial score (nSPS) is 20.6. The summed E-state index contributed by atoms with van der Waals surface area (Å²) in [5.41, 5.74) is 0. The first-order valence-electron chi connectivity index (χ1n) is 5.54. The average molecular weight is 275 g/mol. The van der Waals surface area contributed by atoms with Crippen molar-refractivity contribution in [2.45, 2.75) is 11.3 Å². The first kappa shape index (κ1) is 12.8. The van der Waals surface area contributed by atoms with Gasteiger partial charge in [-0.05, 0) is 37.6 Å². The van der Waals surface area contributed by atoms with Gasteiger partial charge in [-0.15, -0.1) is 0 Å². The number of nitrogens with one attached hydrogen (secondary N) is 2. The second-order valence-corrected chi connectivity index (χ2v) is 6.28. The Labute approximate surface area is 106 Å². The Morgan fingerprint density at radius 2 is 2.18 bits per heavy atom. The topological polar surface area (TPSA) is 58.2 Å². The van der Waals surface area contributed by atoms with Crippen LogP contribution in [0.3, 0.4) is 0 Å². The van der Waals surface area contributed by atoms with Crippen LogP contribution in [-0.2, 0) is 10.0 Å². The molecule has 2 rings (SSSR count). The predicted molar refractivity (Wildman–Crippen MR) is 67.6 cm³/mol. The smallest absolute Gasteiger partial charge is 0.242 e. The lowest BCUT2D eigenvalue weighted by Gasteiger charge is -2.11. The highest BCUT2D eigenvalue weighted by molar-refractivity contribution is 7.89. The Morgan fingerprint density at radius 1 is 1.41 bits per heavy atom. The molecular formula is C11H15ClN2O2S. The minimum atomic E-state index is -3.49. The van der Waals surface area contributed by atoms with Crippen LogP contribution in [0, 0.1) is 5.92 Å². The van der Waals surface area contributed by atoms with E-state index in [2.05, 4.69) is 10.0 Å². The molecule has 6 heteroatoms. The maximum atomic E-state index is 12.0. The summed E-state index contributed by atoms with van der Waals surface area (Å²) in [4.78, 5) is 0.146. The monoisotopic (exact) mass is 274 g/mol. The molecule has 17 heavy (non-hydrogen) atoms. The molecule has 0 bridgehead atoms. The van der Waals surface area contributed by atoms with Crippen LogP contribution in [-0.4, -0.2) is 28.1 Å². The lowest BCUT2D eigenvalue weighted by Crippen LogP contribution is -2.30. The Bertz CT molecular complexity index is 484. The van der Waals surface area contributed by atoms with Gasteiger partial charge in [0, 0.05) is 6.54 Å². The van der Waals surface area contributed by atoms with Crippen molar-refractivity contribution in [2.24, 2.45) is 5.92 Å². The van der Waals surface area contributed by atoms with Gasteiger partial charge in [0.05, 0.1) is 5.02 Å². The van der Waals surface area contributed by atoms with Crippen LogP contribution in [0.5, 0.6) is 0 Å². The zero-order chi connectivity index (χ0) is 12.3. The molecule has 1 aromatic carbocycles. The predicted octanol–water partition coefficient (Wildman–Crippen LogP) is 1.23.